The Balaban J connectivity index is 1.73. The van der Waals surface area contributed by atoms with Gasteiger partial charge in [-0.25, -0.2) is 8.42 Å². The highest BCUT2D eigenvalue weighted by Gasteiger charge is 2.20. The Morgan fingerprint density at radius 2 is 1.24 bits per heavy atom. The molecule has 5 heteroatoms. The molecule has 3 aromatic carbocycles. The molecule has 0 amide bonds. The number of Topliss-reactive ketones (excluding diaryl/α,β-unsaturated/α-hetero) is 1. The summed E-state index contributed by atoms with van der Waals surface area (Å²) < 4.78 is 30.5. The zero-order valence-electron chi connectivity index (χ0n) is 13.3. The van der Waals surface area contributed by atoms with Crippen LogP contribution in [-0.2, 0) is 9.84 Å². The van der Waals surface area contributed by atoms with Crippen LogP contribution >= 0.6 is 0 Å². The van der Waals surface area contributed by atoms with Gasteiger partial charge in [-0.3, -0.25) is 4.79 Å². The summed E-state index contributed by atoms with van der Waals surface area (Å²) in [6.45, 7) is 0. The highest BCUT2D eigenvalue weighted by atomic mass is 32.2. The van der Waals surface area contributed by atoms with E-state index in [1.807, 2.05) is 30.3 Å². The minimum absolute atomic E-state index is 0.0946. The van der Waals surface area contributed by atoms with Gasteiger partial charge in [-0.05, 0) is 36.4 Å². The van der Waals surface area contributed by atoms with E-state index in [0.29, 0.717) is 17.1 Å². The third-order valence-corrected chi connectivity index (χ3v) is 5.21. The van der Waals surface area contributed by atoms with Crippen molar-refractivity contribution in [3.8, 4) is 11.5 Å². The number of carbonyl (C=O) groups is 1. The molecule has 0 spiro atoms. The van der Waals surface area contributed by atoms with Gasteiger partial charge in [0.2, 0.25) is 0 Å². The average molecular weight is 352 g/mol. The molecule has 126 valence electrons. The molecule has 0 saturated heterocycles. The number of ether oxygens (including phenoxy) is 1. The minimum Gasteiger partial charge on any atom is -0.457 e. The van der Waals surface area contributed by atoms with E-state index in [4.69, 9.17) is 4.74 Å². The maximum Gasteiger partial charge on any atom is 0.185 e. The van der Waals surface area contributed by atoms with E-state index in [9.17, 15) is 13.2 Å². The summed E-state index contributed by atoms with van der Waals surface area (Å²) in [5.41, 5.74) is 0.384. The van der Waals surface area contributed by atoms with Gasteiger partial charge in [-0.15, -0.1) is 0 Å². The van der Waals surface area contributed by atoms with Crippen LogP contribution in [0.3, 0.4) is 0 Å². The predicted octanol–water partition coefficient (Wildman–Crippen LogP) is 4.14. The topological polar surface area (TPSA) is 60.4 Å². The molecule has 0 N–H and O–H groups in total. The maximum absolute atomic E-state index is 12.4. The van der Waals surface area contributed by atoms with Gasteiger partial charge in [0.1, 0.15) is 17.3 Å². The lowest BCUT2D eigenvalue weighted by Crippen LogP contribution is -2.16. The zero-order chi connectivity index (χ0) is 17.7. The van der Waals surface area contributed by atoms with E-state index in [1.165, 1.54) is 12.1 Å². The van der Waals surface area contributed by atoms with Crippen LogP contribution in [0.2, 0.25) is 0 Å². The van der Waals surface area contributed by atoms with Crippen molar-refractivity contribution in [3.63, 3.8) is 0 Å². The third-order valence-electron chi connectivity index (χ3n) is 3.58. The number of sulfone groups is 1. The fraction of sp³-hybridized carbons (Fsp3) is 0.0500. The summed E-state index contributed by atoms with van der Waals surface area (Å²) in [6, 6.07) is 23.6. The van der Waals surface area contributed by atoms with Crippen molar-refractivity contribution >= 4 is 15.6 Å². The van der Waals surface area contributed by atoms with Crippen LogP contribution in [0.15, 0.2) is 89.8 Å². The van der Waals surface area contributed by atoms with E-state index in [2.05, 4.69) is 0 Å². The van der Waals surface area contributed by atoms with Gasteiger partial charge in [-0.2, -0.15) is 0 Å². The van der Waals surface area contributed by atoms with Gasteiger partial charge in [0.25, 0.3) is 0 Å². The monoisotopic (exact) mass is 352 g/mol. The van der Waals surface area contributed by atoms with E-state index >= 15 is 0 Å². The quantitative estimate of drug-likeness (QED) is 0.626. The Labute approximate surface area is 146 Å². The average Bonchev–Trinajstić information content (AvgIpc) is 2.63. The van der Waals surface area contributed by atoms with Gasteiger partial charge in [0.15, 0.2) is 15.6 Å². The number of ketones is 1. The highest BCUT2D eigenvalue weighted by molar-refractivity contribution is 7.92. The van der Waals surface area contributed by atoms with Gasteiger partial charge < -0.3 is 4.74 Å². The molecular formula is C20H16O4S. The second kappa shape index (κ2) is 7.32. The van der Waals surface area contributed by atoms with E-state index in [-0.39, 0.29) is 4.90 Å². The van der Waals surface area contributed by atoms with Crippen molar-refractivity contribution in [2.24, 2.45) is 0 Å². The van der Waals surface area contributed by atoms with Crippen LogP contribution in [0.1, 0.15) is 10.4 Å². The molecule has 4 nitrogen and oxygen atoms in total. The molecule has 0 bridgehead atoms. The maximum atomic E-state index is 12.4. The van der Waals surface area contributed by atoms with Gasteiger partial charge in [0, 0.05) is 5.56 Å². The van der Waals surface area contributed by atoms with Crippen molar-refractivity contribution in [2.45, 2.75) is 4.90 Å². The Morgan fingerprint density at radius 1 is 0.720 bits per heavy atom. The first-order chi connectivity index (χ1) is 12.0. The molecule has 0 fully saturated rings. The predicted molar refractivity (Wildman–Crippen MR) is 95.8 cm³/mol. The molecule has 0 aliphatic rings. The number of hydrogen-bond donors (Lipinski definition) is 0. The molecule has 0 atom stereocenters. The second-order valence-corrected chi connectivity index (χ2v) is 7.42. The second-order valence-electron chi connectivity index (χ2n) is 5.43. The molecular weight excluding hydrogens is 336 g/mol. The van der Waals surface area contributed by atoms with Crippen molar-refractivity contribution in [1.82, 2.24) is 0 Å². The van der Waals surface area contributed by atoms with Gasteiger partial charge in [-0.1, -0.05) is 48.5 Å². The van der Waals surface area contributed by atoms with Crippen LogP contribution < -0.4 is 4.74 Å². The van der Waals surface area contributed by atoms with Crippen molar-refractivity contribution in [3.05, 3.63) is 90.5 Å². The lowest BCUT2D eigenvalue weighted by molar-refractivity contribution is 0.102. The summed E-state index contributed by atoms with van der Waals surface area (Å²) in [5, 5.41) is 0. The van der Waals surface area contributed by atoms with Crippen molar-refractivity contribution in [1.29, 1.82) is 0 Å². The normalized spacial score (nSPS) is 11.0. The first-order valence-electron chi connectivity index (χ1n) is 7.68. The fourth-order valence-corrected chi connectivity index (χ4v) is 3.53. The first kappa shape index (κ1) is 16.9. The minimum atomic E-state index is -3.70. The van der Waals surface area contributed by atoms with E-state index in [1.54, 1.807) is 42.5 Å². The molecule has 0 saturated carbocycles. The lowest BCUT2D eigenvalue weighted by Gasteiger charge is -2.07. The van der Waals surface area contributed by atoms with Gasteiger partial charge >= 0.3 is 0 Å². The Morgan fingerprint density at radius 3 is 1.84 bits per heavy atom. The SMILES string of the molecule is O=C(CS(=O)(=O)c1ccc(Oc2ccccc2)cc1)c1ccccc1. The molecule has 25 heavy (non-hydrogen) atoms. The smallest absolute Gasteiger partial charge is 0.185 e. The molecule has 0 radical (unpaired) electrons. The van der Waals surface area contributed by atoms with E-state index in [0.717, 1.165) is 0 Å². The molecule has 0 heterocycles. The molecule has 0 unspecified atom stereocenters. The van der Waals surface area contributed by atoms with Crippen LogP contribution in [0, 0.1) is 0 Å². The molecule has 0 aliphatic heterocycles. The first-order valence-corrected chi connectivity index (χ1v) is 9.34. The number of benzene rings is 3. The Hall–Kier alpha value is -2.92. The number of carbonyl (C=O) groups excluding carboxylic acids is 1. The molecule has 3 aromatic rings. The lowest BCUT2D eigenvalue weighted by atomic mass is 10.2. The number of hydrogen-bond acceptors (Lipinski definition) is 4. The highest BCUT2D eigenvalue weighted by Crippen LogP contribution is 2.23. The van der Waals surface area contributed by atoms with Crippen molar-refractivity contribution in [2.75, 3.05) is 5.75 Å². The standard InChI is InChI=1S/C20H16O4S/c21-20(16-7-3-1-4-8-16)15-25(22,23)19-13-11-18(12-14-19)24-17-9-5-2-6-10-17/h1-14H,15H2. The number of rotatable bonds is 6. The van der Waals surface area contributed by atoms with Crippen LogP contribution in [0.4, 0.5) is 0 Å². The van der Waals surface area contributed by atoms with Crippen molar-refractivity contribution < 1.29 is 17.9 Å². The molecule has 3 rings (SSSR count). The third kappa shape index (κ3) is 4.33. The summed E-state index contributed by atoms with van der Waals surface area (Å²) in [4.78, 5) is 12.2. The zero-order valence-corrected chi connectivity index (χ0v) is 14.1. The largest absolute Gasteiger partial charge is 0.457 e. The Kier molecular flexibility index (Phi) is 4.95. The van der Waals surface area contributed by atoms with Gasteiger partial charge in [0.05, 0.1) is 4.90 Å². The van der Waals surface area contributed by atoms with Crippen LogP contribution in [0.25, 0.3) is 0 Å². The van der Waals surface area contributed by atoms with Crippen LogP contribution in [0.5, 0.6) is 11.5 Å². The molecule has 0 aromatic heterocycles. The summed E-state index contributed by atoms with van der Waals surface area (Å²) >= 11 is 0. The fourth-order valence-electron chi connectivity index (χ4n) is 2.30. The summed E-state index contributed by atoms with van der Waals surface area (Å²) in [6.07, 6.45) is 0. The Bertz CT molecular complexity index is 948. The van der Waals surface area contributed by atoms with E-state index < -0.39 is 21.4 Å². The molecule has 0 aliphatic carbocycles. The summed E-state index contributed by atoms with van der Waals surface area (Å²) in [7, 11) is -3.70. The number of para-hydroxylation sites is 1. The van der Waals surface area contributed by atoms with Crippen LogP contribution in [-0.4, -0.2) is 20.0 Å². The summed E-state index contributed by atoms with van der Waals surface area (Å²) in [5.74, 6) is 0.206.